The molecule has 3 rings (SSSR count). The third-order valence-electron chi connectivity index (χ3n) is 4.08. The molecule has 0 aliphatic carbocycles. The van der Waals surface area contributed by atoms with Gasteiger partial charge in [0.05, 0.1) is 25.5 Å². The maximum Gasteiger partial charge on any atom is 0.132 e. The summed E-state index contributed by atoms with van der Waals surface area (Å²) in [5.74, 6) is 0.297. The topological polar surface area (TPSA) is 34.6 Å². The highest BCUT2D eigenvalue weighted by atomic mass is 32.1. The third-order valence-corrected chi connectivity index (χ3v) is 5.00. The van der Waals surface area contributed by atoms with Crippen LogP contribution in [0.3, 0.4) is 0 Å². The van der Waals surface area contributed by atoms with Gasteiger partial charge >= 0.3 is 0 Å². The molecule has 1 aromatic heterocycles. The normalized spacial score (nSPS) is 11.0. The highest BCUT2D eigenvalue weighted by molar-refractivity contribution is 7.13. The fourth-order valence-electron chi connectivity index (χ4n) is 2.75. The van der Waals surface area contributed by atoms with Gasteiger partial charge in [-0.15, -0.1) is 11.3 Å². The summed E-state index contributed by atoms with van der Waals surface area (Å²) in [5.41, 5.74) is 2.21. The number of hydrogen-bond donors (Lipinski definition) is 0. The zero-order chi connectivity index (χ0) is 19.4. The second-order valence-corrected chi connectivity index (χ2v) is 6.98. The summed E-state index contributed by atoms with van der Waals surface area (Å²) >= 11 is 1.52. The molecular weight excluding hydrogens is 370 g/mol. The van der Waals surface area contributed by atoms with Gasteiger partial charge in [-0.25, -0.2) is 13.8 Å². The van der Waals surface area contributed by atoms with Gasteiger partial charge in [0.15, 0.2) is 0 Å². The molecule has 0 atom stereocenters. The molecule has 4 nitrogen and oxygen atoms in total. The van der Waals surface area contributed by atoms with Gasteiger partial charge < -0.3 is 9.47 Å². The molecule has 0 radical (unpaired) electrons. The molecule has 0 aliphatic rings. The molecule has 0 fully saturated rings. The molecule has 0 saturated heterocycles. The van der Waals surface area contributed by atoms with E-state index in [0.717, 1.165) is 22.3 Å². The van der Waals surface area contributed by atoms with Crippen LogP contribution in [0.2, 0.25) is 0 Å². The number of nitrogens with zero attached hydrogens (tertiary/aromatic N) is 2. The lowest BCUT2D eigenvalue weighted by molar-refractivity contribution is 0.310. The van der Waals surface area contributed by atoms with E-state index in [2.05, 4.69) is 4.98 Å². The first-order chi connectivity index (χ1) is 13.0. The lowest BCUT2D eigenvalue weighted by atomic mass is 10.2. The molecule has 3 aromatic rings. The van der Waals surface area contributed by atoms with Crippen LogP contribution in [0.15, 0.2) is 41.8 Å². The summed E-state index contributed by atoms with van der Waals surface area (Å²) in [5, 5.41) is 2.81. The van der Waals surface area contributed by atoms with Crippen LogP contribution in [0.5, 0.6) is 11.5 Å². The van der Waals surface area contributed by atoms with Gasteiger partial charge in [-0.3, -0.25) is 4.90 Å². The van der Waals surface area contributed by atoms with Gasteiger partial charge in [-0.1, -0.05) is 6.07 Å². The summed E-state index contributed by atoms with van der Waals surface area (Å²) in [6.45, 7) is 0.913. The molecule has 0 unspecified atom stereocenters. The van der Waals surface area contributed by atoms with Gasteiger partial charge in [0.1, 0.15) is 28.1 Å². The van der Waals surface area contributed by atoms with Crippen molar-refractivity contribution in [1.82, 2.24) is 9.88 Å². The van der Waals surface area contributed by atoms with Crippen LogP contribution >= 0.6 is 11.3 Å². The quantitative estimate of drug-likeness (QED) is 0.584. The van der Waals surface area contributed by atoms with Crippen molar-refractivity contribution >= 4 is 11.3 Å². The van der Waals surface area contributed by atoms with Crippen molar-refractivity contribution in [3.8, 4) is 22.1 Å². The second-order valence-electron chi connectivity index (χ2n) is 6.12. The van der Waals surface area contributed by atoms with Crippen LogP contribution in [0.1, 0.15) is 11.3 Å². The Morgan fingerprint density at radius 1 is 1.04 bits per heavy atom. The van der Waals surface area contributed by atoms with Crippen LogP contribution in [0.4, 0.5) is 8.78 Å². The molecule has 0 spiro atoms. The van der Waals surface area contributed by atoms with E-state index in [-0.39, 0.29) is 0 Å². The molecule has 142 valence electrons. The van der Waals surface area contributed by atoms with Gasteiger partial charge in [0, 0.05) is 36.2 Å². The van der Waals surface area contributed by atoms with E-state index >= 15 is 0 Å². The monoisotopic (exact) mass is 390 g/mol. The minimum atomic E-state index is -0.573. The van der Waals surface area contributed by atoms with E-state index in [1.807, 2.05) is 35.5 Å². The van der Waals surface area contributed by atoms with Gasteiger partial charge in [-0.05, 0) is 25.2 Å². The number of methoxy groups -OCH3 is 2. The van der Waals surface area contributed by atoms with Crippen LogP contribution in [0.25, 0.3) is 10.6 Å². The molecule has 0 saturated carbocycles. The van der Waals surface area contributed by atoms with Crippen molar-refractivity contribution in [3.63, 3.8) is 0 Å². The van der Waals surface area contributed by atoms with Gasteiger partial charge in [0.2, 0.25) is 0 Å². The molecule has 0 N–H and O–H groups in total. The maximum absolute atomic E-state index is 13.8. The van der Waals surface area contributed by atoms with Crippen LogP contribution in [-0.2, 0) is 13.1 Å². The average Bonchev–Trinajstić information content (AvgIpc) is 3.11. The Morgan fingerprint density at radius 3 is 2.56 bits per heavy atom. The number of rotatable bonds is 7. The van der Waals surface area contributed by atoms with Gasteiger partial charge in [0.25, 0.3) is 0 Å². The van der Waals surface area contributed by atoms with Gasteiger partial charge in [-0.2, -0.15) is 0 Å². The maximum atomic E-state index is 13.8. The van der Waals surface area contributed by atoms with Crippen molar-refractivity contribution in [2.75, 3.05) is 21.3 Å². The summed E-state index contributed by atoms with van der Waals surface area (Å²) in [7, 11) is 5.09. The summed E-state index contributed by atoms with van der Waals surface area (Å²) < 4.78 is 37.5. The number of ether oxygens (including phenoxy) is 2. The Morgan fingerprint density at radius 2 is 1.85 bits per heavy atom. The summed E-state index contributed by atoms with van der Waals surface area (Å²) in [6, 6.07) is 9.24. The van der Waals surface area contributed by atoms with Crippen molar-refractivity contribution < 1.29 is 18.3 Å². The molecule has 2 aromatic carbocycles. The Labute approximate surface area is 161 Å². The number of benzene rings is 2. The van der Waals surface area contributed by atoms with E-state index in [1.54, 1.807) is 14.2 Å². The molecular formula is C20H20F2N2O2S. The minimum Gasteiger partial charge on any atom is -0.497 e. The Balaban J connectivity index is 1.72. The SMILES string of the molecule is COc1ccc(-c2nc(CN(C)Cc3ccc(F)cc3F)cs2)c(OC)c1. The predicted octanol–water partition coefficient (Wildman–Crippen LogP) is 4.74. The number of hydrogen-bond acceptors (Lipinski definition) is 5. The van der Waals surface area contributed by atoms with E-state index in [0.29, 0.717) is 30.2 Å². The third kappa shape index (κ3) is 4.61. The number of thiazole rings is 1. The summed E-state index contributed by atoms with van der Waals surface area (Å²) in [6.07, 6.45) is 0. The van der Waals surface area contributed by atoms with E-state index in [4.69, 9.17) is 9.47 Å². The Kier molecular flexibility index (Phi) is 6.03. The predicted molar refractivity (Wildman–Crippen MR) is 102 cm³/mol. The van der Waals surface area contributed by atoms with E-state index in [9.17, 15) is 8.78 Å². The second kappa shape index (κ2) is 8.45. The molecule has 7 heteroatoms. The smallest absolute Gasteiger partial charge is 0.132 e. The first kappa shape index (κ1) is 19.3. The van der Waals surface area contributed by atoms with Crippen LogP contribution in [0, 0.1) is 11.6 Å². The lowest BCUT2D eigenvalue weighted by Gasteiger charge is -2.15. The van der Waals surface area contributed by atoms with Crippen LogP contribution in [-0.4, -0.2) is 31.2 Å². The standard InChI is InChI=1S/C20H20F2N2O2S/c1-24(10-13-4-5-14(21)8-18(13)22)11-15-12-27-20(23-15)17-7-6-16(25-2)9-19(17)26-3/h4-9,12H,10-11H2,1-3H3. The molecule has 1 heterocycles. The zero-order valence-electron chi connectivity index (χ0n) is 15.3. The van der Waals surface area contributed by atoms with E-state index < -0.39 is 11.6 Å². The zero-order valence-corrected chi connectivity index (χ0v) is 16.1. The minimum absolute atomic E-state index is 0.366. The fraction of sp³-hybridized carbons (Fsp3) is 0.250. The first-order valence-corrected chi connectivity index (χ1v) is 9.17. The van der Waals surface area contributed by atoms with Crippen molar-refractivity contribution in [1.29, 1.82) is 0 Å². The van der Waals surface area contributed by atoms with Crippen LogP contribution < -0.4 is 9.47 Å². The first-order valence-electron chi connectivity index (χ1n) is 8.29. The Hall–Kier alpha value is -2.51. The average molecular weight is 390 g/mol. The molecule has 0 amide bonds. The highest BCUT2D eigenvalue weighted by Gasteiger charge is 2.13. The van der Waals surface area contributed by atoms with E-state index in [1.165, 1.54) is 23.5 Å². The summed E-state index contributed by atoms with van der Waals surface area (Å²) in [4.78, 5) is 6.60. The molecule has 0 bridgehead atoms. The highest BCUT2D eigenvalue weighted by Crippen LogP contribution is 2.35. The number of halogens is 2. The van der Waals surface area contributed by atoms with Crippen molar-refractivity contribution in [3.05, 3.63) is 64.7 Å². The fourth-order valence-corrected chi connectivity index (χ4v) is 3.59. The Bertz CT molecular complexity index is 930. The molecule has 27 heavy (non-hydrogen) atoms. The number of aromatic nitrogens is 1. The largest absolute Gasteiger partial charge is 0.497 e. The lowest BCUT2D eigenvalue weighted by Crippen LogP contribution is -2.18. The van der Waals surface area contributed by atoms with Crippen molar-refractivity contribution in [2.24, 2.45) is 0 Å². The van der Waals surface area contributed by atoms with Crippen molar-refractivity contribution in [2.45, 2.75) is 13.1 Å². The molecule has 0 aliphatic heterocycles.